The van der Waals surface area contributed by atoms with Gasteiger partial charge in [-0.2, -0.15) is 0 Å². The molecule has 2 N–H and O–H groups in total. The smallest absolute Gasteiger partial charge is 0.314 e. The van der Waals surface area contributed by atoms with Gasteiger partial charge in [-0.1, -0.05) is 12.1 Å². The first-order chi connectivity index (χ1) is 8.34. The molecular weight excluding hydrogens is 214 g/mol. The monoisotopic (exact) mass is 231 g/mol. The maximum Gasteiger partial charge on any atom is 0.326 e. The molecule has 1 unspecified atom stereocenters. The van der Waals surface area contributed by atoms with Crippen LogP contribution in [0.5, 0.6) is 0 Å². The lowest BCUT2D eigenvalue weighted by Crippen LogP contribution is -2.25. The minimum atomic E-state index is 0.00389. The van der Waals surface area contributed by atoms with Crippen molar-refractivity contribution in [2.75, 3.05) is 6.54 Å². The average Bonchev–Trinajstić information content (AvgIpc) is 2.93. The van der Waals surface area contributed by atoms with Crippen LogP contribution in [-0.2, 0) is 6.54 Å². The van der Waals surface area contributed by atoms with E-state index in [2.05, 4.69) is 10.3 Å². The fraction of sp³-hybridized carbons (Fsp3) is 0.462. The Morgan fingerprint density at radius 2 is 2.24 bits per heavy atom. The van der Waals surface area contributed by atoms with Gasteiger partial charge >= 0.3 is 5.69 Å². The highest BCUT2D eigenvalue weighted by Crippen LogP contribution is 2.13. The lowest BCUT2D eigenvalue weighted by atomic mass is 10.1. The standard InChI is InChI=1S/C13H17N3O/c17-13-15-11-5-1-2-6-12(11)16(13)9-7-10-4-3-8-14-10/h1-2,5-6,10,14H,3-4,7-9H2,(H,15,17). The summed E-state index contributed by atoms with van der Waals surface area (Å²) in [6, 6.07) is 8.44. The molecule has 0 bridgehead atoms. The van der Waals surface area contributed by atoms with Crippen molar-refractivity contribution in [1.29, 1.82) is 0 Å². The van der Waals surface area contributed by atoms with Crippen LogP contribution in [0.4, 0.5) is 0 Å². The molecule has 0 amide bonds. The molecule has 17 heavy (non-hydrogen) atoms. The lowest BCUT2D eigenvalue weighted by Gasteiger charge is -2.10. The number of fused-ring (bicyclic) bond motifs is 1. The van der Waals surface area contributed by atoms with Gasteiger partial charge in [-0.15, -0.1) is 0 Å². The Balaban J connectivity index is 1.84. The molecule has 0 saturated carbocycles. The zero-order valence-corrected chi connectivity index (χ0v) is 9.78. The van der Waals surface area contributed by atoms with E-state index in [0.717, 1.165) is 30.5 Å². The summed E-state index contributed by atoms with van der Waals surface area (Å²) in [7, 11) is 0. The van der Waals surface area contributed by atoms with E-state index in [1.807, 2.05) is 28.8 Å². The number of aromatic amines is 1. The number of hydrogen-bond acceptors (Lipinski definition) is 2. The van der Waals surface area contributed by atoms with E-state index in [1.165, 1.54) is 12.8 Å². The highest BCUT2D eigenvalue weighted by atomic mass is 16.1. The second-order valence-corrected chi connectivity index (χ2v) is 4.68. The first kappa shape index (κ1) is 10.6. The van der Waals surface area contributed by atoms with Crippen molar-refractivity contribution in [1.82, 2.24) is 14.9 Å². The van der Waals surface area contributed by atoms with E-state index >= 15 is 0 Å². The van der Waals surface area contributed by atoms with E-state index in [1.54, 1.807) is 0 Å². The number of hydrogen-bond donors (Lipinski definition) is 2. The summed E-state index contributed by atoms with van der Waals surface area (Å²) in [4.78, 5) is 14.7. The van der Waals surface area contributed by atoms with Gasteiger partial charge in [0.2, 0.25) is 0 Å². The summed E-state index contributed by atoms with van der Waals surface area (Å²) in [5, 5.41) is 3.46. The lowest BCUT2D eigenvalue weighted by molar-refractivity contribution is 0.505. The molecule has 1 aromatic carbocycles. The second kappa shape index (κ2) is 4.37. The van der Waals surface area contributed by atoms with Gasteiger partial charge in [-0.05, 0) is 37.9 Å². The highest BCUT2D eigenvalue weighted by Gasteiger charge is 2.14. The van der Waals surface area contributed by atoms with Crippen molar-refractivity contribution in [3.05, 3.63) is 34.7 Å². The summed E-state index contributed by atoms with van der Waals surface area (Å²) in [5.74, 6) is 0. The molecule has 0 radical (unpaired) electrons. The Kier molecular flexibility index (Phi) is 2.73. The Morgan fingerprint density at radius 3 is 3.06 bits per heavy atom. The highest BCUT2D eigenvalue weighted by molar-refractivity contribution is 5.74. The normalized spacial score (nSPS) is 20.1. The number of nitrogens with one attached hydrogen (secondary N) is 2. The third-order valence-electron chi connectivity index (χ3n) is 3.55. The molecule has 1 aliphatic heterocycles. The van der Waals surface area contributed by atoms with Crippen LogP contribution in [0, 0.1) is 0 Å². The minimum absolute atomic E-state index is 0.00389. The molecule has 1 atom stereocenters. The summed E-state index contributed by atoms with van der Waals surface area (Å²) in [6.45, 7) is 1.91. The van der Waals surface area contributed by atoms with Gasteiger partial charge < -0.3 is 10.3 Å². The quantitative estimate of drug-likeness (QED) is 0.840. The van der Waals surface area contributed by atoms with E-state index in [0.29, 0.717) is 6.04 Å². The van der Waals surface area contributed by atoms with Crippen LogP contribution in [0.15, 0.2) is 29.1 Å². The van der Waals surface area contributed by atoms with Gasteiger partial charge in [0.15, 0.2) is 0 Å². The summed E-state index contributed by atoms with van der Waals surface area (Å²) in [6.07, 6.45) is 3.52. The number of H-pyrrole nitrogens is 1. The Hall–Kier alpha value is -1.55. The van der Waals surface area contributed by atoms with Crippen LogP contribution in [0.3, 0.4) is 0 Å². The molecule has 1 saturated heterocycles. The maximum atomic E-state index is 11.8. The molecule has 0 aliphatic carbocycles. The van der Waals surface area contributed by atoms with Crippen LogP contribution in [0.25, 0.3) is 11.0 Å². The van der Waals surface area contributed by atoms with Crippen LogP contribution < -0.4 is 11.0 Å². The van der Waals surface area contributed by atoms with Crippen molar-refractivity contribution in [3.63, 3.8) is 0 Å². The van der Waals surface area contributed by atoms with Gasteiger partial charge in [0, 0.05) is 12.6 Å². The first-order valence-corrected chi connectivity index (χ1v) is 6.25. The molecule has 2 aromatic rings. The van der Waals surface area contributed by atoms with Gasteiger partial charge in [-0.3, -0.25) is 4.57 Å². The van der Waals surface area contributed by atoms with Crippen molar-refractivity contribution >= 4 is 11.0 Å². The van der Waals surface area contributed by atoms with Crippen LogP contribution >= 0.6 is 0 Å². The van der Waals surface area contributed by atoms with Crippen LogP contribution in [0.1, 0.15) is 19.3 Å². The van der Waals surface area contributed by atoms with E-state index < -0.39 is 0 Å². The number of aromatic nitrogens is 2. The van der Waals surface area contributed by atoms with Gasteiger partial charge in [0.25, 0.3) is 0 Å². The minimum Gasteiger partial charge on any atom is -0.314 e. The van der Waals surface area contributed by atoms with Gasteiger partial charge in [-0.25, -0.2) is 4.79 Å². The third kappa shape index (κ3) is 2.00. The Bertz CT molecular complexity index is 563. The number of rotatable bonds is 3. The predicted molar refractivity (Wildman–Crippen MR) is 68.2 cm³/mol. The molecule has 4 nitrogen and oxygen atoms in total. The first-order valence-electron chi connectivity index (χ1n) is 6.25. The number of nitrogens with zero attached hydrogens (tertiary/aromatic N) is 1. The molecule has 4 heteroatoms. The van der Waals surface area contributed by atoms with Crippen molar-refractivity contribution in [2.24, 2.45) is 0 Å². The van der Waals surface area contributed by atoms with Gasteiger partial charge in [0.05, 0.1) is 11.0 Å². The summed E-state index contributed by atoms with van der Waals surface area (Å²) in [5.41, 5.74) is 1.94. The average molecular weight is 231 g/mol. The maximum absolute atomic E-state index is 11.8. The Labute approximate surface area is 99.6 Å². The van der Waals surface area contributed by atoms with E-state index in [-0.39, 0.29) is 5.69 Å². The molecular formula is C13H17N3O. The summed E-state index contributed by atoms with van der Waals surface area (Å²) >= 11 is 0. The van der Waals surface area contributed by atoms with Crippen molar-refractivity contribution in [2.45, 2.75) is 31.8 Å². The van der Waals surface area contributed by atoms with Crippen molar-refractivity contribution < 1.29 is 0 Å². The fourth-order valence-electron chi connectivity index (χ4n) is 2.62. The fourth-order valence-corrected chi connectivity index (χ4v) is 2.62. The number of benzene rings is 1. The number of imidazole rings is 1. The molecule has 2 heterocycles. The molecule has 3 rings (SSSR count). The third-order valence-corrected chi connectivity index (χ3v) is 3.55. The van der Waals surface area contributed by atoms with Crippen LogP contribution in [-0.4, -0.2) is 22.1 Å². The van der Waals surface area contributed by atoms with E-state index in [9.17, 15) is 4.79 Å². The van der Waals surface area contributed by atoms with Crippen molar-refractivity contribution in [3.8, 4) is 0 Å². The Morgan fingerprint density at radius 1 is 1.35 bits per heavy atom. The molecule has 1 aromatic heterocycles. The topological polar surface area (TPSA) is 49.8 Å². The van der Waals surface area contributed by atoms with Gasteiger partial charge in [0.1, 0.15) is 0 Å². The molecule has 90 valence electrons. The number of aryl methyl sites for hydroxylation is 1. The summed E-state index contributed by atoms with van der Waals surface area (Å²) < 4.78 is 1.84. The SMILES string of the molecule is O=c1[nH]c2ccccc2n1CCC1CCCN1. The second-order valence-electron chi connectivity index (χ2n) is 4.68. The van der Waals surface area contributed by atoms with E-state index in [4.69, 9.17) is 0 Å². The molecule has 0 spiro atoms. The zero-order valence-electron chi connectivity index (χ0n) is 9.78. The zero-order chi connectivity index (χ0) is 11.7. The largest absolute Gasteiger partial charge is 0.326 e. The molecule has 1 fully saturated rings. The molecule has 1 aliphatic rings. The van der Waals surface area contributed by atoms with Crippen LogP contribution in [0.2, 0.25) is 0 Å². The number of para-hydroxylation sites is 2. The predicted octanol–water partition coefficient (Wildman–Crippen LogP) is 1.47.